The summed E-state index contributed by atoms with van der Waals surface area (Å²) in [6, 6.07) is 0. The van der Waals surface area contributed by atoms with Crippen molar-refractivity contribution in [3.05, 3.63) is 0 Å². The van der Waals surface area contributed by atoms with Crippen molar-refractivity contribution in [1.82, 2.24) is 0 Å². The van der Waals surface area contributed by atoms with Crippen LogP contribution in [0.15, 0.2) is 0 Å². The molecule has 5 aliphatic heterocycles. The van der Waals surface area contributed by atoms with E-state index in [1.165, 1.54) is 56.9 Å². The minimum absolute atomic E-state index is 0.175. The smallest absolute Gasteiger partial charge is 0.335 e. The van der Waals surface area contributed by atoms with Gasteiger partial charge >= 0.3 is 11.9 Å². The molecular formula is C40H69NO27. The fraction of sp³-hybridized carbons (Fsp3) is 0.950. The number of carboxylic acids is 2. The molecule has 28 heteroatoms. The summed E-state index contributed by atoms with van der Waals surface area (Å²) < 4.78 is 98.8. The summed E-state index contributed by atoms with van der Waals surface area (Å²) in [5, 5.41) is 86.1. The van der Waals surface area contributed by atoms with E-state index < -0.39 is 185 Å². The van der Waals surface area contributed by atoms with E-state index >= 15 is 0 Å². The average molecular weight is 996 g/mol. The Labute approximate surface area is 391 Å². The summed E-state index contributed by atoms with van der Waals surface area (Å²) in [4.78, 5) is 25.7. The van der Waals surface area contributed by atoms with Crippen LogP contribution >= 0.6 is 0 Å². The van der Waals surface area contributed by atoms with Gasteiger partial charge in [0.15, 0.2) is 37.4 Å². The van der Waals surface area contributed by atoms with Gasteiger partial charge in [-0.25, -0.2) is 9.59 Å². The summed E-state index contributed by atoms with van der Waals surface area (Å²) in [5.74, 6) is -3.19. The van der Waals surface area contributed by atoms with Gasteiger partial charge in [0, 0.05) is 56.9 Å². The van der Waals surface area contributed by atoms with Crippen LogP contribution < -0.4 is 5.73 Å². The highest BCUT2D eigenvalue weighted by atomic mass is 16.8. The first-order chi connectivity index (χ1) is 32.6. The molecule has 0 saturated carbocycles. The molecule has 5 fully saturated rings. The van der Waals surface area contributed by atoms with Crippen molar-refractivity contribution < 1.29 is 131 Å². The first kappa shape index (κ1) is 56.9. The molecule has 5 saturated heterocycles. The summed E-state index contributed by atoms with van der Waals surface area (Å²) in [6.07, 6.45) is -35.8. The molecule has 0 aromatic heterocycles. The standard InChI is InChI=1S/C40H69NO27/c1-52-21-14(9-10-41)60-15(11-42)23(20(21)47)64-40-33(58-7)26(55-4)28(30(67-40)35(48)49)65-37-19(46)18(45)22(16(12-43)61-37)63-39-34(59-8)27(56-5)29(31(68-39)36(50)51)66-38-32(57-6)25(54-3)24(53-2)17(13-44)62-38/h14-34,37-40,42-47H,9-13,41H2,1-8H3,(H,48,49)(H,50,51)/t14-,15-,16-,17-,18-,19-,20-,21+,22-,23-,24-,25+,26+,27+,28+,29+,30-,31+,32-,33-,34-,37-,38-,39-,40-/m1/s1. The molecule has 0 aliphatic carbocycles. The Morgan fingerprint density at radius 3 is 1.13 bits per heavy atom. The predicted molar refractivity (Wildman–Crippen MR) is 217 cm³/mol. The number of aliphatic carboxylic acids is 2. The summed E-state index contributed by atoms with van der Waals surface area (Å²) in [6.45, 7) is -1.92. The van der Waals surface area contributed by atoms with Gasteiger partial charge in [-0.1, -0.05) is 0 Å². The first-order valence-corrected chi connectivity index (χ1v) is 21.8. The van der Waals surface area contributed by atoms with E-state index in [1.54, 1.807) is 0 Å². The number of hydrogen-bond donors (Lipinski definition) is 9. The molecule has 28 nitrogen and oxygen atoms in total. The molecule has 0 spiro atoms. The quantitative estimate of drug-likeness (QED) is 0.0460. The molecule has 0 aromatic rings. The highest BCUT2D eigenvalue weighted by molar-refractivity contribution is 5.74. The van der Waals surface area contributed by atoms with E-state index in [4.69, 9.17) is 86.3 Å². The molecule has 5 aliphatic rings. The third kappa shape index (κ3) is 11.7. The normalized spacial score (nSPS) is 45.8. The maximum Gasteiger partial charge on any atom is 0.335 e. The van der Waals surface area contributed by atoms with Gasteiger partial charge in [-0.05, 0) is 13.0 Å². The van der Waals surface area contributed by atoms with Crippen LogP contribution in [0.25, 0.3) is 0 Å². The van der Waals surface area contributed by atoms with Gasteiger partial charge in [0.1, 0.15) is 110 Å². The highest BCUT2D eigenvalue weighted by Gasteiger charge is 2.59. The number of nitrogens with two attached hydrogens (primary N) is 1. The second-order valence-electron chi connectivity index (χ2n) is 16.4. The monoisotopic (exact) mass is 995 g/mol. The Kier molecular flexibility index (Phi) is 21.8. The second kappa shape index (κ2) is 26.1. The van der Waals surface area contributed by atoms with Gasteiger partial charge in [-0.2, -0.15) is 0 Å². The molecule has 5 heterocycles. The van der Waals surface area contributed by atoms with Crippen molar-refractivity contribution >= 4 is 11.9 Å². The molecule has 0 amide bonds. The Morgan fingerprint density at radius 1 is 0.397 bits per heavy atom. The molecule has 25 atom stereocenters. The van der Waals surface area contributed by atoms with Crippen LogP contribution in [0, 0.1) is 0 Å². The molecule has 68 heavy (non-hydrogen) atoms. The number of rotatable bonds is 23. The molecular weight excluding hydrogens is 926 g/mol. The Hall–Kier alpha value is -2.02. The Balaban J connectivity index is 1.34. The van der Waals surface area contributed by atoms with Crippen LogP contribution in [-0.4, -0.2) is 289 Å². The van der Waals surface area contributed by atoms with Gasteiger partial charge in [-0.3, -0.25) is 0 Å². The molecule has 0 aromatic carbocycles. The number of ether oxygens (including phenoxy) is 17. The zero-order valence-electron chi connectivity index (χ0n) is 38.9. The minimum Gasteiger partial charge on any atom is -0.479 e. The number of carbonyl (C=O) groups is 2. The molecule has 5 rings (SSSR count). The number of hydrogen-bond acceptors (Lipinski definition) is 26. The first-order valence-electron chi connectivity index (χ1n) is 21.8. The van der Waals surface area contributed by atoms with Gasteiger partial charge < -0.3 is 127 Å². The van der Waals surface area contributed by atoms with E-state index in [0.29, 0.717) is 0 Å². The Morgan fingerprint density at radius 2 is 0.735 bits per heavy atom. The van der Waals surface area contributed by atoms with Crippen molar-refractivity contribution in [2.24, 2.45) is 5.73 Å². The SMILES string of the molecule is CO[C@@H]1[C@@H](OC)[C@H](O[C@H]2[C@H](O)[C@@H](O)[C@@H](O[C@H]3[C@H](OC)[C@@H](OC)[C@H](O[C@H]4[C@H](O)[C@@H](OC)[C@@H](CCN)O[C@@H]4CO)O[C@H]3C(=O)O)O[C@@H]2CO)O[C@H](C(=O)O)[C@H]1O[C@H]1O[C@H](CO)[C@@H](OC)[C@H](OC)[C@H]1OC. The molecule has 396 valence electrons. The van der Waals surface area contributed by atoms with E-state index in [-0.39, 0.29) is 13.0 Å². The third-order valence-electron chi connectivity index (χ3n) is 12.8. The number of aliphatic hydroxyl groups is 6. The lowest BCUT2D eigenvalue weighted by Crippen LogP contribution is -2.69. The lowest BCUT2D eigenvalue weighted by Gasteiger charge is -2.50. The van der Waals surface area contributed by atoms with Crippen LogP contribution in [0.4, 0.5) is 0 Å². The number of aliphatic hydroxyl groups excluding tert-OH is 6. The van der Waals surface area contributed by atoms with Gasteiger partial charge in [0.2, 0.25) is 0 Å². The summed E-state index contributed by atoms with van der Waals surface area (Å²) in [7, 11) is 10.3. The zero-order valence-corrected chi connectivity index (χ0v) is 38.9. The fourth-order valence-electron chi connectivity index (χ4n) is 9.47. The minimum atomic E-state index is -2.08. The highest BCUT2D eigenvalue weighted by Crippen LogP contribution is 2.38. The van der Waals surface area contributed by atoms with Crippen molar-refractivity contribution in [2.75, 3.05) is 83.2 Å². The molecule has 0 radical (unpaired) electrons. The van der Waals surface area contributed by atoms with Gasteiger partial charge in [-0.15, -0.1) is 0 Å². The van der Waals surface area contributed by atoms with E-state index in [9.17, 15) is 50.4 Å². The lowest BCUT2D eigenvalue weighted by molar-refractivity contribution is -0.390. The van der Waals surface area contributed by atoms with Crippen LogP contribution in [0.5, 0.6) is 0 Å². The fourth-order valence-corrected chi connectivity index (χ4v) is 9.47. The maximum atomic E-state index is 12.9. The molecule has 0 bridgehead atoms. The topological polar surface area (TPSA) is 379 Å². The lowest BCUT2D eigenvalue weighted by atomic mass is 9.92. The van der Waals surface area contributed by atoms with Crippen molar-refractivity contribution in [3.8, 4) is 0 Å². The second-order valence-corrected chi connectivity index (χ2v) is 16.4. The van der Waals surface area contributed by atoms with E-state index in [2.05, 4.69) is 0 Å². The van der Waals surface area contributed by atoms with Crippen LogP contribution in [0.2, 0.25) is 0 Å². The average Bonchev–Trinajstić information content (AvgIpc) is 3.33. The van der Waals surface area contributed by atoms with E-state index in [0.717, 1.165) is 0 Å². The predicted octanol–water partition coefficient (Wildman–Crippen LogP) is -6.11. The van der Waals surface area contributed by atoms with Crippen LogP contribution in [0.3, 0.4) is 0 Å². The maximum absolute atomic E-state index is 12.9. The van der Waals surface area contributed by atoms with Crippen molar-refractivity contribution in [3.63, 3.8) is 0 Å². The largest absolute Gasteiger partial charge is 0.479 e. The van der Waals surface area contributed by atoms with Crippen LogP contribution in [0.1, 0.15) is 6.42 Å². The van der Waals surface area contributed by atoms with Crippen LogP contribution in [-0.2, 0) is 90.1 Å². The van der Waals surface area contributed by atoms with E-state index in [1.807, 2.05) is 0 Å². The number of carboxylic acid groups (broad SMARTS) is 2. The zero-order chi connectivity index (χ0) is 50.1. The van der Waals surface area contributed by atoms with Gasteiger partial charge in [0.05, 0.1) is 25.9 Å². The Bertz CT molecular complexity index is 1540. The molecule has 10 N–H and O–H groups in total. The summed E-state index contributed by atoms with van der Waals surface area (Å²) in [5.41, 5.74) is 5.71. The number of methoxy groups -OCH3 is 8. The third-order valence-corrected chi connectivity index (χ3v) is 12.8. The van der Waals surface area contributed by atoms with Crippen molar-refractivity contribution in [1.29, 1.82) is 0 Å². The van der Waals surface area contributed by atoms with Crippen molar-refractivity contribution in [2.45, 2.75) is 160 Å². The molecule has 0 unspecified atom stereocenters. The van der Waals surface area contributed by atoms with Gasteiger partial charge in [0.25, 0.3) is 0 Å². The summed E-state index contributed by atoms with van der Waals surface area (Å²) >= 11 is 0.